The Labute approximate surface area is 210 Å². The summed E-state index contributed by atoms with van der Waals surface area (Å²) in [6.07, 6.45) is 12.6. The average Bonchev–Trinajstić information content (AvgIpc) is 2.67. The van der Waals surface area contributed by atoms with E-state index < -0.39 is 0 Å². The first-order valence-electron chi connectivity index (χ1n) is 14.4. The van der Waals surface area contributed by atoms with Gasteiger partial charge in [-0.3, -0.25) is 14.7 Å². The van der Waals surface area contributed by atoms with E-state index in [9.17, 15) is 0 Å². The Morgan fingerprint density at radius 2 is 0.606 bits per heavy atom. The van der Waals surface area contributed by atoms with Gasteiger partial charge in [0.05, 0.1) is 0 Å². The summed E-state index contributed by atoms with van der Waals surface area (Å²) in [5.41, 5.74) is 1.12. The van der Waals surface area contributed by atoms with Gasteiger partial charge < -0.3 is 0 Å². The maximum atomic E-state index is 2.62. The van der Waals surface area contributed by atoms with Crippen molar-refractivity contribution in [2.75, 3.05) is 19.6 Å². The van der Waals surface area contributed by atoms with E-state index in [1.54, 1.807) is 0 Å². The Bertz CT molecular complexity index is 446. The van der Waals surface area contributed by atoms with Crippen LogP contribution in [0.1, 0.15) is 141 Å². The first-order valence-corrected chi connectivity index (χ1v) is 14.4. The lowest BCUT2D eigenvalue weighted by Crippen LogP contribution is -2.49. The molecule has 33 heavy (non-hydrogen) atoms. The van der Waals surface area contributed by atoms with Gasteiger partial charge in [-0.1, -0.05) is 19.3 Å². The standard InChI is InChI=1S/3C10H21N/c3*1-9-7-5-6-8-11(9)10(2,3)4/h3*9H,5-8H2,1-4H3/t2*9-;/m10./s1. The van der Waals surface area contributed by atoms with Crippen LogP contribution in [0, 0.1) is 0 Å². The van der Waals surface area contributed by atoms with E-state index in [1.165, 1.54) is 77.4 Å². The minimum atomic E-state index is 0.375. The maximum Gasteiger partial charge on any atom is 0.0127 e. The van der Waals surface area contributed by atoms with Crippen LogP contribution in [0.4, 0.5) is 0 Å². The first-order chi connectivity index (χ1) is 15.0. The summed E-state index contributed by atoms with van der Waals surface area (Å²) < 4.78 is 0. The van der Waals surface area contributed by atoms with Crippen molar-refractivity contribution in [3.63, 3.8) is 0 Å². The number of hydrogen-bond acceptors (Lipinski definition) is 3. The summed E-state index contributed by atoms with van der Waals surface area (Å²) in [6, 6.07) is 2.39. The van der Waals surface area contributed by atoms with E-state index in [1.807, 2.05) is 0 Å². The van der Waals surface area contributed by atoms with E-state index >= 15 is 0 Å². The minimum Gasteiger partial charge on any atom is -0.296 e. The molecule has 3 saturated heterocycles. The van der Waals surface area contributed by atoms with Gasteiger partial charge in [-0.15, -0.1) is 0 Å². The molecule has 3 fully saturated rings. The molecule has 0 saturated carbocycles. The highest BCUT2D eigenvalue weighted by Crippen LogP contribution is 2.26. The lowest BCUT2D eigenvalue weighted by Gasteiger charge is -2.43. The lowest BCUT2D eigenvalue weighted by molar-refractivity contribution is 0.0608. The number of rotatable bonds is 0. The molecule has 3 heteroatoms. The third-order valence-corrected chi connectivity index (χ3v) is 7.99. The van der Waals surface area contributed by atoms with Crippen LogP contribution in [0.3, 0.4) is 0 Å². The SMILES string of the molecule is CC1CCCCN1C(C)(C)C.C[C@@H]1CCCCN1C(C)(C)C.C[C@H]1CCCCN1C(C)(C)C. The molecule has 3 heterocycles. The van der Waals surface area contributed by atoms with Crippen molar-refractivity contribution in [2.45, 2.75) is 176 Å². The topological polar surface area (TPSA) is 9.72 Å². The monoisotopic (exact) mass is 466 g/mol. The van der Waals surface area contributed by atoms with Gasteiger partial charge in [0.1, 0.15) is 0 Å². The van der Waals surface area contributed by atoms with E-state index in [0.29, 0.717) is 16.6 Å². The second kappa shape index (κ2) is 13.3. The molecule has 0 aromatic carbocycles. The quantitative estimate of drug-likeness (QED) is 0.359. The van der Waals surface area contributed by atoms with E-state index in [-0.39, 0.29) is 0 Å². The van der Waals surface area contributed by atoms with Gasteiger partial charge in [0, 0.05) is 34.7 Å². The predicted octanol–water partition coefficient (Wildman–Crippen LogP) is 7.98. The van der Waals surface area contributed by atoms with Gasteiger partial charge in [0.2, 0.25) is 0 Å². The van der Waals surface area contributed by atoms with Crippen LogP contribution in [0.15, 0.2) is 0 Å². The average molecular weight is 466 g/mol. The van der Waals surface area contributed by atoms with Crippen molar-refractivity contribution in [3.05, 3.63) is 0 Å². The number of hydrogen-bond donors (Lipinski definition) is 0. The third kappa shape index (κ3) is 11.0. The van der Waals surface area contributed by atoms with Crippen LogP contribution >= 0.6 is 0 Å². The van der Waals surface area contributed by atoms with Crippen LogP contribution in [-0.4, -0.2) is 69.1 Å². The summed E-state index contributed by atoms with van der Waals surface area (Å²) in [5, 5.41) is 0. The first kappa shape index (κ1) is 30.9. The Balaban J connectivity index is 0.000000247. The van der Waals surface area contributed by atoms with Crippen LogP contribution in [-0.2, 0) is 0 Å². The van der Waals surface area contributed by atoms with Crippen molar-refractivity contribution in [2.24, 2.45) is 0 Å². The molecule has 3 aliphatic rings. The molecule has 0 amide bonds. The van der Waals surface area contributed by atoms with Gasteiger partial charge in [-0.2, -0.15) is 0 Å². The Morgan fingerprint density at radius 1 is 0.394 bits per heavy atom. The van der Waals surface area contributed by atoms with Crippen LogP contribution in [0.5, 0.6) is 0 Å². The molecule has 0 bridgehead atoms. The van der Waals surface area contributed by atoms with Gasteiger partial charge in [-0.25, -0.2) is 0 Å². The molecule has 0 radical (unpaired) electrons. The molecule has 0 spiro atoms. The fourth-order valence-corrected chi connectivity index (χ4v) is 6.28. The van der Waals surface area contributed by atoms with Crippen LogP contribution in [0.25, 0.3) is 0 Å². The zero-order valence-electron chi connectivity index (χ0n) is 25.1. The molecule has 3 aliphatic heterocycles. The normalized spacial score (nSPS) is 28.9. The van der Waals surface area contributed by atoms with Gasteiger partial charge in [-0.05, 0) is 141 Å². The van der Waals surface area contributed by atoms with Crippen LogP contribution < -0.4 is 0 Å². The summed E-state index contributed by atoms with van der Waals surface area (Å²) in [4.78, 5) is 7.86. The van der Waals surface area contributed by atoms with Crippen molar-refractivity contribution >= 4 is 0 Å². The van der Waals surface area contributed by atoms with E-state index in [2.05, 4.69) is 97.8 Å². The molecular formula is C30H63N3. The van der Waals surface area contributed by atoms with Crippen molar-refractivity contribution < 1.29 is 0 Å². The Morgan fingerprint density at radius 3 is 0.727 bits per heavy atom. The molecule has 0 aromatic heterocycles. The second-order valence-electron chi connectivity index (χ2n) is 14.1. The zero-order valence-corrected chi connectivity index (χ0v) is 25.1. The number of nitrogens with zero attached hydrogens (tertiary/aromatic N) is 3. The molecule has 1 unspecified atom stereocenters. The van der Waals surface area contributed by atoms with Crippen molar-refractivity contribution in [3.8, 4) is 0 Å². The number of likely N-dealkylation sites (tertiary alicyclic amines) is 3. The largest absolute Gasteiger partial charge is 0.296 e. The maximum absolute atomic E-state index is 2.62. The Hall–Kier alpha value is -0.120. The minimum absolute atomic E-state index is 0.375. The van der Waals surface area contributed by atoms with Gasteiger partial charge >= 0.3 is 0 Å². The molecule has 3 atom stereocenters. The molecule has 0 aromatic rings. The van der Waals surface area contributed by atoms with E-state index in [0.717, 1.165) is 18.1 Å². The lowest BCUT2D eigenvalue weighted by atomic mass is 9.96. The van der Waals surface area contributed by atoms with Crippen molar-refractivity contribution in [1.29, 1.82) is 0 Å². The fraction of sp³-hybridized carbons (Fsp3) is 1.00. The molecule has 3 nitrogen and oxygen atoms in total. The molecular weight excluding hydrogens is 402 g/mol. The molecule has 198 valence electrons. The predicted molar refractivity (Wildman–Crippen MR) is 149 cm³/mol. The van der Waals surface area contributed by atoms with Crippen LogP contribution in [0.2, 0.25) is 0 Å². The molecule has 0 aliphatic carbocycles. The highest BCUT2D eigenvalue weighted by Gasteiger charge is 2.29. The zero-order chi connectivity index (χ0) is 25.4. The summed E-state index contributed by atoms with van der Waals surface area (Å²) in [7, 11) is 0. The summed E-state index contributed by atoms with van der Waals surface area (Å²) in [5.74, 6) is 0. The Kier molecular flexibility index (Phi) is 12.4. The summed E-state index contributed by atoms with van der Waals surface area (Å²) >= 11 is 0. The van der Waals surface area contributed by atoms with Crippen molar-refractivity contribution in [1.82, 2.24) is 14.7 Å². The van der Waals surface area contributed by atoms with Gasteiger partial charge in [0.15, 0.2) is 0 Å². The second-order valence-corrected chi connectivity index (χ2v) is 14.1. The van der Waals surface area contributed by atoms with E-state index in [4.69, 9.17) is 0 Å². The van der Waals surface area contributed by atoms with Gasteiger partial charge in [0.25, 0.3) is 0 Å². The third-order valence-electron chi connectivity index (χ3n) is 7.99. The summed E-state index contributed by atoms with van der Waals surface area (Å²) in [6.45, 7) is 31.8. The highest BCUT2D eigenvalue weighted by atomic mass is 15.2. The smallest absolute Gasteiger partial charge is 0.0127 e. The highest BCUT2D eigenvalue weighted by molar-refractivity contribution is 4.85. The molecule has 0 N–H and O–H groups in total. The fourth-order valence-electron chi connectivity index (χ4n) is 6.28. The number of piperidine rings is 3. The molecule has 3 rings (SSSR count).